The van der Waals surface area contributed by atoms with Gasteiger partial charge in [-0.25, -0.2) is 14.3 Å². The molecule has 0 bridgehead atoms. The van der Waals surface area contributed by atoms with Crippen molar-refractivity contribution in [3.05, 3.63) is 57.3 Å². The number of likely N-dealkylation sites (tertiary alicyclic amines) is 1. The van der Waals surface area contributed by atoms with E-state index in [4.69, 9.17) is 14.5 Å². The predicted octanol–water partition coefficient (Wildman–Crippen LogP) is 5.77. The third-order valence-corrected chi connectivity index (χ3v) is 6.76. The molecule has 1 aliphatic rings. The Morgan fingerprint density at radius 3 is 2.46 bits per heavy atom. The van der Waals surface area contributed by atoms with Gasteiger partial charge in [0.15, 0.2) is 0 Å². The molecule has 9 heteroatoms. The van der Waals surface area contributed by atoms with Gasteiger partial charge in [-0.1, -0.05) is 28.1 Å². The molecule has 2 heterocycles. The molecular formula is C28H35BrN4O4. The first-order chi connectivity index (χ1) is 17.4. The largest absolute Gasteiger partial charge is 0.489 e. The second-order valence-corrected chi connectivity index (χ2v) is 11.6. The van der Waals surface area contributed by atoms with Gasteiger partial charge in [-0.05, 0) is 77.8 Å². The van der Waals surface area contributed by atoms with Crippen molar-refractivity contribution < 1.29 is 14.3 Å². The highest BCUT2D eigenvalue weighted by molar-refractivity contribution is 9.10. The van der Waals surface area contributed by atoms with E-state index < -0.39 is 5.60 Å². The smallest absolute Gasteiger partial charge is 0.410 e. The van der Waals surface area contributed by atoms with Gasteiger partial charge in [-0.15, -0.1) is 0 Å². The number of amides is 1. The van der Waals surface area contributed by atoms with Crippen LogP contribution in [0.2, 0.25) is 0 Å². The average molecular weight is 572 g/mol. The van der Waals surface area contributed by atoms with E-state index in [0.29, 0.717) is 41.4 Å². The topological polar surface area (TPSA) is 76.9 Å². The molecule has 0 N–H and O–H groups in total. The second-order valence-electron chi connectivity index (χ2n) is 10.7. The number of para-hydroxylation sites is 1. The molecule has 0 aliphatic carbocycles. The lowest BCUT2D eigenvalue weighted by Crippen LogP contribution is -2.48. The fourth-order valence-corrected chi connectivity index (χ4v) is 4.87. The maximum Gasteiger partial charge on any atom is 0.410 e. The SMILES string of the molecule is CC(C)Oc1ccc(Br)cc1-n1c(N(C)C2CCN(C(=O)OC(C)(C)C)CC2)nc2ccccc2c1=O. The van der Waals surface area contributed by atoms with Crippen molar-refractivity contribution in [2.75, 3.05) is 25.0 Å². The van der Waals surface area contributed by atoms with E-state index in [9.17, 15) is 9.59 Å². The van der Waals surface area contributed by atoms with Crippen molar-refractivity contribution >= 4 is 38.9 Å². The van der Waals surface area contributed by atoms with Crippen LogP contribution in [-0.2, 0) is 4.74 Å². The van der Waals surface area contributed by atoms with Crippen LogP contribution in [0.15, 0.2) is 51.7 Å². The van der Waals surface area contributed by atoms with Gasteiger partial charge in [0.05, 0.1) is 22.7 Å². The molecule has 0 spiro atoms. The number of nitrogens with zero attached hydrogens (tertiary/aromatic N) is 4. The van der Waals surface area contributed by atoms with Gasteiger partial charge in [0.2, 0.25) is 5.95 Å². The highest BCUT2D eigenvalue weighted by Gasteiger charge is 2.31. The van der Waals surface area contributed by atoms with Crippen LogP contribution in [0.3, 0.4) is 0 Å². The van der Waals surface area contributed by atoms with Gasteiger partial charge in [-0.2, -0.15) is 0 Å². The summed E-state index contributed by atoms with van der Waals surface area (Å²) in [5.74, 6) is 1.14. The van der Waals surface area contributed by atoms with E-state index in [0.717, 1.165) is 17.3 Å². The molecule has 0 radical (unpaired) electrons. The van der Waals surface area contributed by atoms with E-state index in [2.05, 4.69) is 20.8 Å². The van der Waals surface area contributed by atoms with E-state index in [1.54, 1.807) is 15.5 Å². The van der Waals surface area contributed by atoms with Gasteiger partial charge in [0.1, 0.15) is 11.4 Å². The summed E-state index contributed by atoms with van der Waals surface area (Å²) in [6, 6.07) is 13.1. The summed E-state index contributed by atoms with van der Waals surface area (Å²) in [4.78, 5) is 35.2. The number of carbonyl (C=O) groups is 1. The van der Waals surface area contributed by atoms with Crippen molar-refractivity contribution in [1.29, 1.82) is 0 Å². The number of aromatic nitrogens is 2. The Kier molecular flexibility index (Phi) is 7.83. The Morgan fingerprint density at radius 2 is 1.81 bits per heavy atom. The Hall–Kier alpha value is -3.07. The summed E-state index contributed by atoms with van der Waals surface area (Å²) in [5.41, 5.74) is 0.568. The van der Waals surface area contributed by atoms with Crippen LogP contribution in [0.1, 0.15) is 47.5 Å². The Morgan fingerprint density at radius 1 is 1.14 bits per heavy atom. The number of benzene rings is 2. The van der Waals surface area contributed by atoms with Crippen LogP contribution in [0, 0.1) is 0 Å². The summed E-state index contributed by atoms with van der Waals surface area (Å²) in [6.45, 7) is 10.7. The van der Waals surface area contributed by atoms with Crippen molar-refractivity contribution in [2.45, 2.75) is 65.2 Å². The summed E-state index contributed by atoms with van der Waals surface area (Å²) in [5, 5.41) is 0.537. The lowest BCUT2D eigenvalue weighted by atomic mass is 10.0. The van der Waals surface area contributed by atoms with E-state index >= 15 is 0 Å². The van der Waals surface area contributed by atoms with Crippen LogP contribution in [0.4, 0.5) is 10.7 Å². The van der Waals surface area contributed by atoms with Gasteiger partial charge < -0.3 is 19.3 Å². The molecule has 0 atom stereocenters. The molecule has 1 aliphatic heterocycles. The molecule has 198 valence electrons. The number of anilines is 1. The fraction of sp³-hybridized carbons (Fsp3) is 0.464. The standard InChI is InChI=1S/C28H35BrN4O4/c1-18(2)36-24-12-11-19(29)17-23(24)33-25(34)21-9-7-8-10-22(21)30-26(33)31(6)20-13-15-32(16-14-20)27(35)37-28(3,4)5/h7-12,17-18,20H,13-16H2,1-6H3. The molecule has 3 aromatic rings. The second kappa shape index (κ2) is 10.7. The summed E-state index contributed by atoms with van der Waals surface area (Å²) >= 11 is 3.56. The third kappa shape index (κ3) is 6.09. The van der Waals surface area contributed by atoms with Gasteiger partial charge in [0.25, 0.3) is 5.56 Å². The molecule has 1 amide bonds. The Balaban J connectivity index is 1.74. The zero-order valence-corrected chi connectivity index (χ0v) is 23.9. The quantitative estimate of drug-likeness (QED) is 0.387. The molecule has 8 nitrogen and oxygen atoms in total. The zero-order valence-electron chi connectivity index (χ0n) is 22.3. The molecule has 4 rings (SSSR count). The minimum Gasteiger partial charge on any atom is -0.489 e. The number of piperidine rings is 1. The van der Waals surface area contributed by atoms with Crippen LogP contribution < -0.4 is 15.2 Å². The number of fused-ring (bicyclic) bond motifs is 1. The molecular weight excluding hydrogens is 536 g/mol. The normalized spacial score (nSPS) is 14.8. The lowest BCUT2D eigenvalue weighted by molar-refractivity contribution is 0.0205. The fourth-order valence-electron chi connectivity index (χ4n) is 4.52. The van der Waals surface area contributed by atoms with Crippen LogP contribution in [-0.4, -0.2) is 58.4 Å². The zero-order chi connectivity index (χ0) is 26.9. The molecule has 0 unspecified atom stereocenters. The Bertz CT molecular complexity index is 1340. The first kappa shape index (κ1) is 27.0. The van der Waals surface area contributed by atoms with Crippen LogP contribution in [0.25, 0.3) is 16.6 Å². The number of hydrogen-bond acceptors (Lipinski definition) is 6. The number of carbonyl (C=O) groups excluding carboxylic acids is 1. The van der Waals surface area contributed by atoms with Crippen molar-refractivity contribution in [3.8, 4) is 11.4 Å². The van der Waals surface area contributed by atoms with Crippen molar-refractivity contribution in [3.63, 3.8) is 0 Å². The predicted molar refractivity (Wildman–Crippen MR) is 150 cm³/mol. The lowest BCUT2D eigenvalue weighted by Gasteiger charge is -2.38. The summed E-state index contributed by atoms with van der Waals surface area (Å²) < 4.78 is 14.1. The third-order valence-electron chi connectivity index (χ3n) is 6.26. The van der Waals surface area contributed by atoms with Crippen molar-refractivity contribution in [1.82, 2.24) is 14.5 Å². The molecule has 1 saturated heterocycles. The minimum absolute atomic E-state index is 0.0672. The summed E-state index contributed by atoms with van der Waals surface area (Å²) in [6.07, 6.45) is 1.10. The van der Waals surface area contributed by atoms with Gasteiger partial charge in [-0.3, -0.25) is 4.79 Å². The molecule has 37 heavy (non-hydrogen) atoms. The van der Waals surface area contributed by atoms with E-state index in [1.165, 1.54) is 0 Å². The van der Waals surface area contributed by atoms with Gasteiger partial charge >= 0.3 is 6.09 Å². The van der Waals surface area contributed by atoms with Crippen molar-refractivity contribution in [2.24, 2.45) is 0 Å². The Labute approximate surface area is 226 Å². The number of hydrogen-bond donors (Lipinski definition) is 0. The number of ether oxygens (including phenoxy) is 2. The van der Waals surface area contributed by atoms with E-state index in [1.807, 2.05) is 78.1 Å². The number of halogens is 1. The maximum absolute atomic E-state index is 13.9. The first-order valence-corrected chi connectivity index (χ1v) is 13.4. The summed E-state index contributed by atoms with van der Waals surface area (Å²) in [7, 11) is 1.96. The monoisotopic (exact) mass is 570 g/mol. The molecule has 0 saturated carbocycles. The maximum atomic E-state index is 13.9. The minimum atomic E-state index is -0.532. The molecule has 1 fully saturated rings. The highest BCUT2D eigenvalue weighted by atomic mass is 79.9. The van der Waals surface area contributed by atoms with Crippen LogP contribution in [0.5, 0.6) is 5.75 Å². The molecule has 2 aromatic carbocycles. The average Bonchev–Trinajstić information content (AvgIpc) is 2.83. The van der Waals surface area contributed by atoms with Gasteiger partial charge in [0, 0.05) is 30.7 Å². The molecule has 1 aromatic heterocycles. The number of rotatable bonds is 5. The highest BCUT2D eigenvalue weighted by Crippen LogP contribution is 2.31. The first-order valence-electron chi connectivity index (χ1n) is 12.6. The van der Waals surface area contributed by atoms with Crippen LogP contribution >= 0.6 is 15.9 Å². The van der Waals surface area contributed by atoms with E-state index in [-0.39, 0.29) is 23.8 Å².